The highest BCUT2D eigenvalue weighted by Gasteiger charge is 2.42. The minimum atomic E-state index is 0.611. The van der Waals surface area contributed by atoms with Crippen LogP contribution < -0.4 is 0 Å². The molecule has 1 fully saturated rings. The molecule has 1 N–H and O–H groups in total. The van der Waals surface area contributed by atoms with Gasteiger partial charge in [0.2, 0.25) is 0 Å². The molecule has 3 atom stereocenters. The van der Waals surface area contributed by atoms with Crippen molar-refractivity contribution < 1.29 is 0 Å². The van der Waals surface area contributed by atoms with E-state index >= 15 is 0 Å². The van der Waals surface area contributed by atoms with Crippen LogP contribution in [-0.4, -0.2) is 39.1 Å². The number of nitrogens with zero attached hydrogens (tertiary/aromatic N) is 1. The first-order valence-electron chi connectivity index (χ1n) is 10.3. The van der Waals surface area contributed by atoms with Crippen molar-refractivity contribution >= 4 is 34.4 Å². The predicted molar refractivity (Wildman–Crippen MR) is 118 cm³/mol. The standard InChI is InChI=1S/C22H32N2S2/c1-4-15-13-24(14-21(25-5-2)26-6-3)20-12-16(15)11-19-22(20)17-9-7-8-10-18(17)23-19/h7-10,15-16,20-21,23H,4-6,11-14H2,1-3H3/t15-,16+,20+/m1/s1. The number of likely N-dealkylation sites (tertiary alicyclic amines) is 1. The van der Waals surface area contributed by atoms with E-state index in [4.69, 9.17) is 0 Å². The van der Waals surface area contributed by atoms with E-state index in [2.05, 4.69) is 78.4 Å². The number of nitrogens with one attached hydrogen (secondary N) is 1. The van der Waals surface area contributed by atoms with Gasteiger partial charge in [0.25, 0.3) is 0 Å². The van der Waals surface area contributed by atoms with Crippen molar-refractivity contribution in [3.8, 4) is 0 Å². The summed E-state index contributed by atoms with van der Waals surface area (Å²) in [6.45, 7) is 9.50. The number of hydrogen-bond donors (Lipinski definition) is 1. The van der Waals surface area contributed by atoms with E-state index in [0.29, 0.717) is 10.6 Å². The third-order valence-corrected chi connectivity index (χ3v) is 8.87. The zero-order chi connectivity index (χ0) is 18.1. The Balaban J connectivity index is 1.68. The van der Waals surface area contributed by atoms with Crippen LogP contribution in [-0.2, 0) is 6.42 Å². The van der Waals surface area contributed by atoms with Gasteiger partial charge in [-0.15, -0.1) is 23.5 Å². The van der Waals surface area contributed by atoms with Crippen LogP contribution in [0.2, 0.25) is 0 Å². The number of thioether (sulfide) groups is 2. The van der Waals surface area contributed by atoms with Crippen molar-refractivity contribution in [1.29, 1.82) is 0 Å². The van der Waals surface area contributed by atoms with Crippen LogP contribution in [0.1, 0.15) is 50.9 Å². The van der Waals surface area contributed by atoms with Crippen LogP contribution in [0, 0.1) is 11.8 Å². The largest absolute Gasteiger partial charge is 0.358 e. The molecule has 1 aromatic carbocycles. The number of fused-ring (bicyclic) bond motifs is 6. The van der Waals surface area contributed by atoms with Crippen LogP contribution in [0.15, 0.2) is 24.3 Å². The first-order chi connectivity index (χ1) is 12.7. The molecule has 0 spiro atoms. The summed E-state index contributed by atoms with van der Waals surface area (Å²) in [7, 11) is 0. The van der Waals surface area contributed by atoms with Crippen molar-refractivity contribution in [2.45, 2.75) is 50.7 Å². The lowest BCUT2D eigenvalue weighted by Gasteiger charge is -2.48. The molecule has 1 saturated heterocycles. The van der Waals surface area contributed by atoms with Gasteiger partial charge in [0.1, 0.15) is 0 Å². The van der Waals surface area contributed by atoms with E-state index in [1.165, 1.54) is 60.5 Å². The molecule has 2 aromatic rings. The molecule has 26 heavy (non-hydrogen) atoms. The Kier molecular flexibility index (Phi) is 5.92. The average molecular weight is 389 g/mol. The van der Waals surface area contributed by atoms with Crippen LogP contribution >= 0.6 is 23.5 Å². The van der Waals surface area contributed by atoms with Gasteiger partial charge in [0, 0.05) is 35.7 Å². The molecule has 0 unspecified atom stereocenters. The fourth-order valence-electron chi connectivity index (χ4n) is 5.16. The summed E-state index contributed by atoms with van der Waals surface area (Å²) in [5.74, 6) is 4.14. The predicted octanol–water partition coefficient (Wildman–Crippen LogP) is 5.95. The van der Waals surface area contributed by atoms with Crippen LogP contribution in [0.25, 0.3) is 10.9 Å². The van der Waals surface area contributed by atoms with E-state index in [-0.39, 0.29) is 0 Å². The van der Waals surface area contributed by atoms with Gasteiger partial charge in [-0.2, -0.15) is 0 Å². The summed E-state index contributed by atoms with van der Waals surface area (Å²) >= 11 is 4.27. The van der Waals surface area contributed by atoms with Crippen LogP contribution in [0.5, 0.6) is 0 Å². The third kappa shape index (κ3) is 3.45. The number of aromatic amines is 1. The van der Waals surface area contributed by atoms with E-state index in [0.717, 1.165) is 11.8 Å². The molecule has 4 heteroatoms. The zero-order valence-electron chi connectivity index (χ0n) is 16.3. The Morgan fingerprint density at radius 2 is 1.92 bits per heavy atom. The highest BCUT2D eigenvalue weighted by atomic mass is 32.2. The normalized spacial score (nSPS) is 25.8. The van der Waals surface area contributed by atoms with Gasteiger partial charge < -0.3 is 4.98 Å². The van der Waals surface area contributed by atoms with Gasteiger partial charge in [0.15, 0.2) is 0 Å². The summed E-state index contributed by atoms with van der Waals surface area (Å²) in [6.07, 6.45) is 3.92. The first-order valence-corrected chi connectivity index (χ1v) is 12.4. The molecule has 0 amide bonds. The van der Waals surface area contributed by atoms with Crippen molar-refractivity contribution in [3.05, 3.63) is 35.5 Å². The van der Waals surface area contributed by atoms with E-state index in [1.54, 1.807) is 5.56 Å². The van der Waals surface area contributed by atoms with Gasteiger partial charge in [0.05, 0.1) is 4.58 Å². The highest BCUT2D eigenvalue weighted by molar-refractivity contribution is 8.17. The second kappa shape index (κ2) is 8.20. The van der Waals surface area contributed by atoms with Crippen molar-refractivity contribution in [2.24, 2.45) is 11.8 Å². The lowest BCUT2D eigenvalue weighted by molar-refractivity contribution is 0.0525. The molecular weight excluding hydrogens is 356 g/mol. The smallest absolute Gasteiger partial charge is 0.0629 e. The van der Waals surface area contributed by atoms with Crippen molar-refractivity contribution in [1.82, 2.24) is 9.88 Å². The molecule has 0 radical (unpaired) electrons. The molecular formula is C22H32N2S2. The zero-order valence-corrected chi connectivity index (χ0v) is 18.0. The third-order valence-electron chi connectivity index (χ3n) is 6.34. The molecule has 0 saturated carbocycles. The maximum absolute atomic E-state index is 3.78. The Morgan fingerprint density at radius 3 is 2.65 bits per heavy atom. The highest BCUT2D eigenvalue weighted by Crippen LogP contribution is 2.48. The fourth-order valence-corrected chi connectivity index (χ4v) is 7.70. The Bertz CT molecular complexity index is 735. The summed E-state index contributed by atoms with van der Waals surface area (Å²) in [5, 5.41) is 1.47. The second-order valence-corrected chi connectivity index (χ2v) is 11.0. The maximum atomic E-state index is 3.78. The summed E-state index contributed by atoms with van der Waals surface area (Å²) < 4.78 is 0.703. The monoisotopic (exact) mass is 388 g/mol. The summed E-state index contributed by atoms with van der Waals surface area (Å²) in [6, 6.07) is 9.55. The van der Waals surface area contributed by atoms with E-state index in [9.17, 15) is 0 Å². The fraction of sp³-hybridized carbons (Fsp3) is 0.636. The molecule has 2 bridgehead atoms. The van der Waals surface area contributed by atoms with Gasteiger partial charge >= 0.3 is 0 Å². The van der Waals surface area contributed by atoms with Crippen LogP contribution in [0.4, 0.5) is 0 Å². The minimum Gasteiger partial charge on any atom is -0.358 e. The van der Waals surface area contributed by atoms with Gasteiger partial charge in [-0.3, -0.25) is 4.90 Å². The van der Waals surface area contributed by atoms with Gasteiger partial charge in [-0.25, -0.2) is 0 Å². The maximum Gasteiger partial charge on any atom is 0.0629 e. The topological polar surface area (TPSA) is 19.0 Å². The molecule has 1 aromatic heterocycles. The summed E-state index contributed by atoms with van der Waals surface area (Å²) in [4.78, 5) is 6.62. The Hall–Kier alpha value is -0.580. The van der Waals surface area contributed by atoms with Crippen LogP contribution in [0.3, 0.4) is 0 Å². The molecule has 2 heterocycles. The quantitative estimate of drug-likeness (QED) is 0.592. The number of benzene rings is 1. The lowest BCUT2D eigenvalue weighted by atomic mass is 9.71. The lowest BCUT2D eigenvalue weighted by Crippen LogP contribution is -2.47. The number of H-pyrrole nitrogens is 1. The first kappa shape index (κ1) is 18.8. The van der Waals surface area contributed by atoms with Gasteiger partial charge in [-0.05, 0) is 47.8 Å². The van der Waals surface area contributed by atoms with E-state index < -0.39 is 0 Å². The molecule has 2 nitrogen and oxygen atoms in total. The second-order valence-electron chi connectivity index (χ2n) is 7.74. The number of para-hydroxylation sites is 1. The number of hydrogen-bond acceptors (Lipinski definition) is 3. The van der Waals surface area contributed by atoms with Crippen molar-refractivity contribution in [3.63, 3.8) is 0 Å². The average Bonchev–Trinajstić information content (AvgIpc) is 3.02. The number of rotatable bonds is 7. The molecule has 1 aliphatic heterocycles. The number of aromatic nitrogens is 1. The van der Waals surface area contributed by atoms with E-state index in [1.807, 2.05) is 0 Å². The molecule has 2 aliphatic rings. The SMILES string of the molecule is CCSC(CN1C[C@@H](CC)[C@H]2Cc3[nH]c4ccccc4c3[C@@H]1C2)SCC. The summed E-state index contributed by atoms with van der Waals surface area (Å²) in [5.41, 5.74) is 4.48. The molecule has 4 rings (SSSR count). The molecule has 1 aliphatic carbocycles. The Morgan fingerprint density at radius 1 is 1.15 bits per heavy atom. The molecule has 142 valence electrons. The minimum absolute atomic E-state index is 0.611. The number of piperidine rings is 1. The van der Waals surface area contributed by atoms with Gasteiger partial charge in [-0.1, -0.05) is 45.4 Å². The van der Waals surface area contributed by atoms with Crippen molar-refractivity contribution in [2.75, 3.05) is 24.6 Å². The Labute approximate surface area is 166 Å².